The van der Waals surface area contributed by atoms with Crippen molar-refractivity contribution in [1.82, 2.24) is 0 Å². The summed E-state index contributed by atoms with van der Waals surface area (Å²) < 4.78 is 77.9. The summed E-state index contributed by atoms with van der Waals surface area (Å²) in [5, 5.41) is 9.36. The molecule has 0 N–H and O–H groups in total. The molecular formula is C18H14B4F5NO. The quantitative estimate of drug-likeness (QED) is 0.489. The standard InChI is InChI=1S/C18H14B4F5NO/c19-8-3-7-10-6(17(24,25)18(7,26)27)1-2-9(11(8)10)29-16-13(21)5(4-28)12(20)15(23)14(16)22/h1-2,7-8H,3,19-22H2. The largest absolute Gasteiger partial charge is 0.458 e. The summed E-state index contributed by atoms with van der Waals surface area (Å²) in [6, 6.07) is 4.16. The van der Waals surface area contributed by atoms with Crippen molar-refractivity contribution in [2.75, 3.05) is 0 Å². The molecule has 0 aromatic heterocycles. The highest BCUT2D eigenvalue weighted by Crippen LogP contribution is 2.66. The zero-order valence-corrected chi connectivity index (χ0v) is 16.3. The summed E-state index contributed by atoms with van der Waals surface area (Å²) in [7, 11) is 6.27. The van der Waals surface area contributed by atoms with Gasteiger partial charge in [0.1, 0.15) is 48.7 Å². The molecule has 0 amide bonds. The molecule has 4 rings (SSSR count). The van der Waals surface area contributed by atoms with Gasteiger partial charge in [-0.1, -0.05) is 0 Å². The lowest BCUT2D eigenvalue weighted by atomic mass is 9.74. The number of benzene rings is 2. The third-order valence-corrected chi connectivity index (χ3v) is 6.29. The zero-order valence-electron chi connectivity index (χ0n) is 16.3. The average Bonchev–Trinajstić information content (AvgIpc) is 3.08. The molecule has 2 unspecified atom stereocenters. The molecule has 2 aliphatic carbocycles. The summed E-state index contributed by atoms with van der Waals surface area (Å²) in [4.78, 5) is 0. The number of ether oxygens (including phenoxy) is 1. The minimum Gasteiger partial charge on any atom is -0.458 e. The average molecular weight is 399 g/mol. The van der Waals surface area contributed by atoms with Crippen LogP contribution in [0.2, 0.25) is 0 Å². The molecule has 0 heterocycles. The Balaban J connectivity index is 1.91. The zero-order chi connectivity index (χ0) is 21.5. The van der Waals surface area contributed by atoms with E-state index < -0.39 is 35.0 Å². The van der Waals surface area contributed by atoms with Crippen molar-refractivity contribution < 1.29 is 26.7 Å². The van der Waals surface area contributed by atoms with E-state index in [1.54, 1.807) is 15.7 Å². The molecule has 0 aliphatic heterocycles. The van der Waals surface area contributed by atoms with Crippen LogP contribution in [0.1, 0.15) is 40.4 Å². The Bertz CT molecular complexity index is 1110. The number of hydrogen-bond acceptors (Lipinski definition) is 2. The molecule has 2 aromatic carbocycles. The maximum atomic E-state index is 14.6. The number of nitrogens with zero attached hydrogens (tertiary/aromatic N) is 1. The highest BCUT2D eigenvalue weighted by Gasteiger charge is 2.70. The lowest BCUT2D eigenvalue weighted by Gasteiger charge is -2.25. The Kier molecular flexibility index (Phi) is 4.17. The SMILES string of the molecule is Bc1c(F)c(B)c(Oc2ccc3c4c2C(B)CC4C(F)(F)C3(F)F)c(B)c1C#N. The van der Waals surface area contributed by atoms with Crippen molar-refractivity contribution in [3.05, 3.63) is 40.2 Å². The van der Waals surface area contributed by atoms with Gasteiger partial charge in [-0.3, -0.25) is 0 Å². The third kappa shape index (κ3) is 2.38. The predicted molar refractivity (Wildman–Crippen MR) is 110 cm³/mol. The molecule has 29 heavy (non-hydrogen) atoms. The summed E-state index contributed by atoms with van der Waals surface area (Å²) in [6.45, 7) is 0. The van der Waals surface area contributed by atoms with Crippen molar-refractivity contribution in [3.63, 3.8) is 0 Å². The van der Waals surface area contributed by atoms with E-state index >= 15 is 0 Å². The van der Waals surface area contributed by atoms with Crippen molar-refractivity contribution in [1.29, 1.82) is 5.26 Å². The number of alkyl halides is 4. The molecule has 2 aliphatic rings. The molecule has 2 aromatic rings. The Morgan fingerprint density at radius 3 is 2.31 bits per heavy atom. The van der Waals surface area contributed by atoms with E-state index in [0.717, 1.165) is 6.07 Å². The maximum Gasteiger partial charge on any atom is 0.336 e. The number of hydrogen-bond donors (Lipinski definition) is 0. The van der Waals surface area contributed by atoms with Crippen LogP contribution in [0.15, 0.2) is 12.1 Å². The Morgan fingerprint density at radius 2 is 1.69 bits per heavy atom. The first-order chi connectivity index (χ1) is 13.4. The van der Waals surface area contributed by atoms with Gasteiger partial charge in [-0.2, -0.15) is 22.8 Å². The van der Waals surface area contributed by atoms with Crippen molar-refractivity contribution in [2.24, 2.45) is 0 Å². The van der Waals surface area contributed by atoms with Crippen LogP contribution in [0.3, 0.4) is 0 Å². The molecule has 11 heteroatoms. The fourth-order valence-corrected chi connectivity index (χ4v) is 4.78. The molecule has 0 saturated carbocycles. The molecule has 2 nitrogen and oxygen atoms in total. The minimum absolute atomic E-state index is 0.0617. The number of nitriles is 1. The Morgan fingerprint density at radius 1 is 1.03 bits per heavy atom. The number of halogens is 5. The van der Waals surface area contributed by atoms with Gasteiger partial charge in [-0.15, -0.1) is 0 Å². The van der Waals surface area contributed by atoms with E-state index in [-0.39, 0.29) is 40.0 Å². The van der Waals surface area contributed by atoms with Gasteiger partial charge in [-0.05, 0) is 51.9 Å². The first-order valence-electron chi connectivity index (χ1n) is 9.25. The summed E-state index contributed by atoms with van der Waals surface area (Å²) >= 11 is 0. The van der Waals surface area contributed by atoms with Gasteiger partial charge in [-0.25, -0.2) is 4.39 Å². The molecular weight excluding hydrogens is 384 g/mol. The van der Waals surface area contributed by atoms with E-state index in [2.05, 4.69) is 0 Å². The number of rotatable bonds is 2. The van der Waals surface area contributed by atoms with Crippen LogP contribution in [0, 0.1) is 17.1 Å². The van der Waals surface area contributed by atoms with Gasteiger partial charge in [0.05, 0.1) is 12.0 Å². The monoisotopic (exact) mass is 399 g/mol. The lowest BCUT2D eigenvalue weighted by molar-refractivity contribution is -0.215. The van der Waals surface area contributed by atoms with E-state index in [0.29, 0.717) is 11.0 Å². The highest BCUT2D eigenvalue weighted by molar-refractivity contribution is 6.47. The van der Waals surface area contributed by atoms with Crippen LogP contribution in [0.4, 0.5) is 22.0 Å². The Hall–Kier alpha value is -2.36. The summed E-state index contributed by atoms with van der Waals surface area (Å²) in [6.07, 6.45) is -0.116. The van der Waals surface area contributed by atoms with Crippen LogP contribution in [-0.2, 0) is 5.92 Å². The molecule has 0 bridgehead atoms. The first-order valence-corrected chi connectivity index (χ1v) is 9.25. The highest BCUT2D eigenvalue weighted by atomic mass is 19.3. The van der Waals surface area contributed by atoms with Gasteiger partial charge in [0.2, 0.25) is 0 Å². The summed E-state index contributed by atoms with van der Waals surface area (Å²) in [5.41, 5.74) is 0.487. The minimum atomic E-state index is -4.24. The second-order valence-corrected chi connectivity index (χ2v) is 7.93. The van der Waals surface area contributed by atoms with Crippen LogP contribution in [-0.4, -0.2) is 37.3 Å². The molecule has 0 radical (unpaired) electrons. The van der Waals surface area contributed by atoms with Gasteiger partial charge >= 0.3 is 11.8 Å². The van der Waals surface area contributed by atoms with Crippen LogP contribution >= 0.6 is 0 Å². The maximum absolute atomic E-state index is 14.6. The van der Waals surface area contributed by atoms with Crippen molar-refractivity contribution in [3.8, 4) is 17.6 Å². The van der Waals surface area contributed by atoms with Gasteiger partial charge in [0.25, 0.3) is 0 Å². The topological polar surface area (TPSA) is 33.0 Å². The van der Waals surface area contributed by atoms with Crippen molar-refractivity contribution >= 4 is 47.8 Å². The first kappa shape index (κ1) is 19.9. The van der Waals surface area contributed by atoms with Crippen LogP contribution in [0.25, 0.3) is 0 Å². The normalized spacial score (nSPS) is 22.9. The van der Waals surface area contributed by atoms with Crippen molar-refractivity contribution in [2.45, 2.75) is 30.0 Å². The molecule has 0 fully saturated rings. The van der Waals surface area contributed by atoms with E-state index in [4.69, 9.17) is 4.74 Å². The van der Waals surface area contributed by atoms with Gasteiger partial charge in [0.15, 0.2) is 0 Å². The summed E-state index contributed by atoms with van der Waals surface area (Å²) in [5.74, 6) is -10.7. The Labute approximate surface area is 168 Å². The lowest BCUT2D eigenvalue weighted by Crippen LogP contribution is -2.36. The molecule has 0 spiro atoms. The molecule has 0 saturated heterocycles. The second kappa shape index (κ2) is 6.07. The third-order valence-electron chi connectivity index (χ3n) is 6.29. The van der Waals surface area contributed by atoms with E-state index in [1.165, 1.54) is 21.8 Å². The van der Waals surface area contributed by atoms with Gasteiger partial charge < -0.3 is 4.74 Å². The van der Waals surface area contributed by atoms with Gasteiger partial charge in [0, 0.05) is 11.1 Å². The van der Waals surface area contributed by atoms with E-state index in [1.807, 2.05) is 6.07 Å². The predicted octanol–water partition coefficient (Wildman–Crippen LogP) is -0.833. The fraction of sp³-hybridized carbons (Fsp3) is 0.278. The smallest absolute Gasteiger partial charge is 0.336 e. The van der Waals surface area contributed by atoms with Crippen LogP contribution < -0.4 is 21.1 Å². The van der Waals surface area contributed by atoms with Crippen LogP contribution in [0.5, 0.6) is 11.5 Å². The molecule has 2 atom stereocenters. The second-order valence-electron chi connectivity index (χ2n) is 7.93. The van der Waals surface area contributed by atoms with E-state index in [9.17, 15) is 27.2 Å². The molecule has 144 valence electrons. The fourth-order valence-electron chi connectivity index (χ4n) is 4.78.